The van der Waals surface area contributed by atoms with Crippen molar-refractivity contribution in [2.45, 2.75) is 39.5 Å². The van der Waals surface area contributed by atoms with E-state index in [1.807, 2.05) is 13.8 Å². The molecule has 0 unspecified atom stereocenters. The van der Waals surface area contributed by atoms with E-state index in [1.165, 1.54) is 19.2 Å². The molecule has 0 saturated heterocycles. The van der Waals surface area contributed by atoms with Crippen molar-refractivity contribution in [1.29, 1.82) is 0 Å². The summed E-state index contributed by atoms with van der Waals surface area (Å²) in [5.74, 6) is -0.488. The van der Waals surface area contributed by atoms with Crippen LogP contribution in [0.25, 0.3) is 0 Å². The van der Waals surface area contributed by atoms with Gasteiger partial charge in [0.05, 0.1) is 12.5 Å². The lowest BCUT2D eigenvalue weighted by Crippen LogP contribution is -2.42. The minimum atomic E-state index is -0.583. The first kappa shape index (κ1) is 17.4. The summed E-state index contributed by atoms with van der Waals surface area (Å²) in [5, 5.41) is 2.78. The van der Waals surface area contributed by atoms with Crippen LogP contribution in [0.1, 0.15) is 39.5 Å². The predicted octanol–water partition coefficient (Wildman–Crippen LogP) is 3.32. The maximum atomic E-state index is 13.7. The minimum Gasteiger partial charge on any atom is -0.494 e. The Kier molecular flexibility index (Phi) is 6.62. The number of amides is 1. The average molecular weight is 296 g/mol. The maximum Gasteiger partial charge on any atom is 0.231 e. The topological polar surface area (TPSA) is 64.4 Å². The number of carbonyl (C=O) groups excluding carboxylic acids is 1. The second-order valence-corrected chi connectivity index (χ2v) is 5.29. The van der Waals surface area contributed by atoms with Crippen LogP contribution in [0.4, 0.5) is 10.1 Å². The Morgan fingerprint density at radius 3 is 2.38 bits per heavy atom. The van der Waals surface area contributed by atoms with Gasteiger partial charge in [0.25, 0.3) is 0 Å². The number of carbonyl (C=O) groups is 1. The zero-order valence-electron chi connectivity index (χ0n) is 13.0. The summed E-state index contributed by atoms with van der Waals surface area (Å²) < 4.78 is 18.5. The van der Waals surface area contributed by atoms with Gasteiger partial charge in [-0.2, -0.15) is 0 Å². The number of ether oxygens (including phenoxy) is 1. The highest BCUT2D eigenvalue weighted by Crippen LogP contribution is 2.31. The van der Waals surface area contributed by atoms with Crippen LogP contribution in [-0.4, -0.2) is 19.6 Å². The van der Waals surface area contributed by atoms with E-state index in [4.69, 9.17) is 10.5 Å². The summed E-state index contributed by atoms with van der Waals surface area (Å²) >= 11 is 0. The van der Waals surface area contributed by atoms with Crippen LogP contribution in [0.3, 0.4) is 0 Å². The molecule has 0 bridgehead atoms. The molecule has 0 spiro atoms. The number of benzene rings is 1. The largest absolute Gasteiger partial charge is 0.494 e. The summed E-state index contributed by atoms with van der Waals surface area (Å²) in [7, 11) is 1.40. The van der Waals surface area contributed by atoms with Crippen molar-refractivity contribution < 1.29 is 13.9 Å². The Labute approximate surface area is 125 Å². The highest BCUT2D eigenvalue weighted by Gasteiger charge is 2.35. The first-order valence-corrected chi connectivity index (χ1v) is 7.38. The third-order valence-electron chi connectivity index (χ3n) is 3.74. The second-order valence-electron chi connectivity index (χ2n) is 5.29. The molecular formula is C16H25FN2O2. The number of methoxy groups -OCH3 is 1. The van der Waals surface area contributed by atoms with Gasteiger partial charge in [-0.1, -0.05) is 26.7 Å². The third-order valence-corrected chi connectivity index (χ3v) is 3.74. The number of rotatable bonds is 8. The molecule has 4 nitrogen and oxygen atoms in total. The normalized spacial score (nSPS) is 11.3. The molecule has 0 aliphatic rings. The molecule has 1 rings (SSSR count). The van der Waals surface area contributed by atoms with E-state index >= 15 is 0 Å². The van der Waals surface area contributed by atoms with Crippen molar-refractivity contribution in [1.82, 2.24) is 0 Å². The molecule has 3 N–H and O–H groups in total. The van der Waals surface area contributed by atoms with Crippen LogP contribution in [0, 0.1) is 11.2 Å². The molecule has 0 atom stereocenters. The maximum absolute atomic E-state index is 13.7. The lowest BCUT2D eigenvalue weighted by Gasteiger charge is -2.30. The molecule has 0 aliphatic heterocycles. The minimum absolute atomic E-state index is 0.140. The summed E-state index contributed by atoms with van der Waals surface area (Å²) in [6.07, 6.45) is 3.20. The smallest absolute Gasteiger partial charge is 0.231 e. The van der Waals surface area contributed by atoms with Crippen molar-refractivity contribution in [3.05, 3.63) is 24.0 Å². The van der Waals surface area contributed by atoms with E-state index in [2.05, 4.69) is 5.32 Å². The lowest BCUT2D eigenvalue weighted by atomic mass is 9.78. The Bertz CT molecular complexity index is 471. The van der Waals surface area contributed by atoms with Gasteiger partial charge < -0.3 is 15.8 Å². The SMILES string of the molecule is CCCC(CN)(CCC)C(=O)Nc1ccc(OC)c(F)c1. The summed E-state index contributed by atoms with van der Waals surface area (Å²) in [4.78, 5) is 12.6. The van der Waals surface area contributed by atoms with Crippen LogP contribution in [0.5, 0.6) is 5.75 Å². The first-order valence-electron chi connectivity index (χ1n) is 7.38. The zero-order chi connectivity index (χ0) is 15.9. The number of halogens is 1. The summed E-state index contributed by atoms with van der Waals surface area (Å²) in [5.41, 5.74) is 5.69. The van der Waals surface area contributed by atoms with Gasteiger partial charge in [-0.15, -0.1) is 0 Å². The highest BCUT2D eigenvalue weighted by atomic mass is 19.1. The predicted molar refractivity (Wildman–Crippen MR) is 82.9 cm³/mol. The first-order chi connectivity index (χ1) is 10.0. The van der Waals surface area contributed by atoms with Gasteiger partial charge in [-0.3, -0.25) is 4.79 Å². The molecule has 0 radical (unpaired) electrons. The molecule has 0 saturated carbocycles. The molecule has 118 valence electrons. The number of hydrogen-bond acceptors (Lipinski definition) is 3. The Morgan fingerprint density at radius 2 is 1.95 bits per heavy atom. The molecular weight excluding hydrogens is 271 g/mol. The van der Waals surface area contributed by atoms with Crippen molar-refractivity contribution in [2.75, 3.05) is 19.0 Å². The number of hydrogen-bond donors (Lipinski definition) is 2. The fourth-order valence-electron chi connectivity index (χ4n) is 2.61. The molecule has 0 aromatic heterocycles. The van der Waals surface area contributed by atoms with Gasteiger partial charge in [0.2, 0.25) is 5.91 Å². The number of nitrogens with one attached hydrogen (secondary N) is 1. The van der Waals surface area contributed by atoms with Crippen molar-refractivity contribution in [2.24, 2.45) is 11.1 Å². The van der Waals surface area contributed by atoms with E-state index in [0.717, 1.165) is 25.7 Å². The third kappa shape index (κ3) is 4.17. The van der Waals surface area contributed by atoms with Gasteiger partial charge in [-0.25, -0.2) is 4.39 Å². The fourth-order valence-corrected chi connectivity index (χ4v) is 2.61. The highest BCUT2D eigenvalue weighted by molar-refractivity contribution is 5.95. The van der Waals surface area contributed by atoms with E-state index in [1.54, 1.807) is 6.07 Å². The van der Waals surface area contributed by atoms with Gasteiger partial charge >= 0.3 is 0 Å². The molecule has 1 aromatic rings. The molecule has 5 heteroatoms. The quantitative estimate of drug-likeness (QED) is 0.773. The van der Waals surface area contributed by atoms with Gasteiger partial charge in [0.1, 0.15) is 0 Å². The average Bonchev–Trinajstić information content (AvgIpc) is 2.47. The molecule has 21 heavy (non-hydrogen) atoms. The van der Waals surface area contributed by atoms with Crippen LogP contribution in [-0.2, 0) is 4.79 Å². The standard InChI is InChI=1S/C16H25FN2O2/c1-4-8-16(11-18,9-5-2)15(20)19-12-6-7-14(21-3)13(17)10-12/h6-7,10H,4-5,8-9,11,18H2,1-3H3,(H,19,20). The van der Waals surface area contributed by atoms with Crippen molar-refractivity contribution in [3.63, 3.8) is 0 Å². The monoisotopic (exact) mass is 296 g/mol. The Hall–Kier alpha value is -1.62. The van der Waals surface area contributed by atoms with Gasteiger partial charge in [-0.05, 0) is 25.0 Å². The molecule has 0 heterocycles. The Balaban J connectivity index is 2.93. The van der Waals surface area contributed by atoms with Crippen LogP contribution in [0.2, 0.25) is 0 Å². The summed E-state index contributed by atoms with van der Waals surface area (Å²) in [6, 6.07) is 4.38. The Morgan fingerprint density at radius 1 is 1.33 bits per heavy atom. The molecule has 0 aliphatic carbocycles. The van der Waals surface area contributed by atoms with E-state index in [-0.39, 0.29) is 11.7 Å². The van der Waals surface area contributed by atoms with Crippen molar-refractivity contribution in [3.8, 4) is 5.75 Å². The van der Waals surface area contributed by atoms with E-state index in [0.29, 0.717) is 12.2 Å². The molecule has 1 amide bonds. The van der Waals surface area contributed by atoms with Crippen LogP contribution in [0.15, 0.2) is 18.2 Å². The lowest BCUT2D eigenvalue weighted by molar-refractivity contribution is -0.126. The van der Waals surface area contributed by atoms with Crippen LogP contribution < -0.4 is 15.8 Å². The van der Waals surface area contributed by atoms with Gasteiger partial charge in [0.15, 0.2) is 11.6 Å². The summed E-state index contributed by atoms with van der Waals surface area (Å²) in [6.45, 7) is 4.35. The fraction of sp³-hybridized carbons (Fsp3) is 0.562. The molecule has 1 aromatic carbocycles. The van der Waals surface area contributed by atoms with E-state index < -0.39 is 11.2 Å². The second kappa shape index (κ2) is 7.98. The zero-order valence-corrected chi connectivity index (χ0v) is 13.0. The van der Waals surface area contributed by atoms with Gasteiger partial charge in [0, 0.05) is 18.3 Å². The van der Waals surface area contributed by atoms with Crippen LogP contribution >= 0.6 is 0 Å². The number of anilines is 1. The molecule has 0 fully saturated rings. The number of nitrogens with two attached hydrogens (primary N) is 1. The van der Waals surface area contributed by atoms with E-state index in [9.17, 15) is 9.18 Å². The van der Waals surface area contributed by atoms with Crippen molar-refractivity contribution >= 4 is 11.6 Å².